The van der Waals surface area contributed by atoms with Crippen molar-refractivity contribution in [2.24, 2.45) is 29.0 Å². The van der Waals surface area contributed by atoms with E-state index in [1.54, 1.807) is 0 Å². The highest BCUT2D eigenvalue weighted by Crippen LogP contribution is 2.04. The van der Waals surface area contributed by atoms with Crippen LogP contribution in [0.1, 0.15) is 53.4 Å². The van der Waals surface area contributed by atoms with E-state index in [2.05, 4.69) is 0 Å². The normalized spacial score (nSPS) is 13.2. The predicted octanol–water partition coefficient (Wildman–Crippen LogP) is 0.268. The van der Waals surface area contributed by atoms with Crippen LogP contribution in [0.25, 0.3) is 0 Å². The Morgan fingerprint density at radius 2 is 1.37 bits per heavy atom. The van der Waals surface area contributed by atoms with Gasteiger partial charge in [-0.1, -0.05) is 34.1 Å². The Morgan fingerprint density at radius 1 is 0.889 bits per heavy atom. The highest BCUT2D eigenvalue weighted by atomic mass is 16.4. The first-order valence-electron chi connectivity index (χ1n) is 8.70. The lowest BCUT2D eigenvalue weighted by Gasteiger charge is -2.11. The van der Waals surface area contributed by atoms with Gasteiger partial charge in [-0.3, -0.25) is 19.2 Å². The van der Waals surface area contributed by atoms with Gasteiger partial charge < -0.3 is 32.5 Å². The van der Waals surface area contributed by atoms with Crippen LogP contribution in [0, 0.1) is 11.8 Å². The van der Waals surface area contributed by atoms with E-state index < -0.39 is 30.0 Å². The zero-order chi connectivity index (χ0) is 22.2. The third-order valence-electron chi connectivity index (χ3n) is 3.43. The molecule has 0 heterocycles. The van der Waals surface area contributed by atoms with Gasteiger partial charge in [0, 0.05) is 6.42 Å². The number of rotatable bonds is 10. The number of aliphatic carboxylic acids is 3. The number of carboxylic acid groups (broad SMARTS) is 3. The molecular weight excluding hydrogens is 358 g/mol. The summed E-state index contributed by atoms with van der Waals surface area (Å²) < 4.78 is 0. The number of hydrogen-bond donors (Lipinski definition) is 6. The van der Waals surface area contributed by atoms with Crippen molar-refractivity contribution in [3.8, 4) is 0 Å². The molecule has 0 aromatic rings. The van der Waals surface area contributed by atoms with Gasteiger partial charge in [0.15, 0.2) is 0 Å². The molecule has 0 saturated carbocycles. The van der Waals surface area contributed by atoms with E-state index in [4.69, 9.17) is 32.5 Å². The molecule has 0 bridgehead atoms. The molecule has 0 rings (SSSR count). The Morgan fingerprint density at radius 3 is 1.56 bits per heavy atom. The van der Waals surface area contributed by atoms with E-state index in [1.165, 1.54) is 0 Å². The lowest BCUT2D eigenvalue weighted by molar-refractivity contribution is -0.140. The Bertz CT molecular complexity index is 456. The number of hydrogen-bond acceptors (Lipinski definition) is 7. The molecule has 0 aliphatic carbocycles. The van der Waals surface area contributed by atoms with E-state index in [1.807, 2.05) is 27.7 Å². The summed E-state index contributed by atoms with van der Waals surface area (Å²) >= 11 is 0. The molecule has 160 valence electrons. The molecule has 0 unspecified atom stereocenters. The maximum Gasteiger partial charge on any atom is 0.320 e. The van der Waals surface area contributed by atoms with Gasteiger partial charge >= 0.3 is 17.9 Å². The summed E-state index contributed by atoms with van der Waals surface area (Å²) in [6.45, 7) is 7.59. The van der Waals surface area contributed by atoms with Crippen LogP contribution >= 0.6 is 0 Å². The summed E-state index contributed by atoms with van der Waals surface area (Å²) in [5, 5.41) is 24.7. The molecule has 27 heavy (non-hydrogen) atoms. The monoisotopic (exact) mass is 393 g/mol. The van der Waals surface area contributed by atoms with Crippen LogP contribution in [0.2, 0.25) is 0 Å². The van der Waals surface area contributed by atoms with E-state index in [9.17, 15) is 19.2 Å². The maximum atomic E-state index is 10.3. The molecule has 10 heteroatoms. The predicted molar refractivity (Wildman–Crippen MR) is 101 cm³/mol. The highest BCUT2D eigenvalue weighted by Gasteiger charge is 2.17. The van der Waals surface area contributed by atoms with Crippen LogP contribution in [-0.4, -0.2) is 57.6 Å². The highest BCUT2D eigenvalue weighted by molar-refractivity contribution is 5.83. The topological polar surface area (TPSA) is 207 Å². The molecule has 9 N–H and O–H groups in total. The van der Waals surface area contributed by atoms with Crippen molar-refractivity contribution in [1.82, 2.24) is 0 Å². The minimum atomic E-state index is -0.961. The molecule has 0 aromatic carbocycles. The van der Waals surface area contributed by atoms with Gasteiger partial charge in [0.2, 0.25) is 0 Å². The number of carbonyl (C=O) groups excluding carboxylic acids is 1. The minimum absolute atomic E-state index is 0.0475. The Balaban J connectivity index is -0.000000320. The van der Waals surface area contributed by atoms with Crippen molar-refractivity contribution < 1.29 is 34.5 Å². The second-order valence-electron chi connectivity index (χ2n) is 6.46. The van der Waals surface area contributed by atoms with Gasteiger partial charge in [-0.25, -0.2) is 0 Å². The molecule has 0 fully saturated rings. The smallest absolute Gasteiger partial charge is 0.320 e. The van der Waals surface area contributed by atoms with Crippen molar-refractivity contribution in [2.75, 3.05) is 6.54 Å². The number of ketones is 1. The van der Waals surface area contributed by atoms with Crippen molar-refractivity contribution in [3.63, 3.8) is 0 Å². The van der Waals surface area contributed by atoms with Crippen molar-refractivity contribution >= 4 is 23.7 Å². The van der Waals surface area contributed by atoms with Crippen molar-refractivity contribution in [2.45, 2.75) is 65.5 Å². The first-order chi connectivity index (χ1) is 12.3. The lowest BCUT2D eigenvalue weighted by Crippen LogP contribution is -2.36. The Hall–Kier alpha value is -2.04. The zero-order valence-corrected chi connectivity index (χ0v) is 16.6. The van der Waals surface area contributed by atoms with Crippen LogP contribution in [-0.2, 0) is 19.2 Å². The van der Waals surface area contributed by atoms with E-state index in [-0.39, 0.29) is 31.1 Å². The third kappa shape index (κ3) is 21.9. The van der Waals surface area contributed by atoms with Crippen LogP contribution in [0.3, 0.4) is 0 Å². The van der Waals surface area contributed by atoms with Crippen LogP contribution < -0.4 is 17.2 Å². The summed E-state index contributed by atoms with van der Waals surface area (Å²) in [5.74, 6) is -2.57. The second-order valence-corrected chi connectivity index (χ2v) is 6.46. The maximum absolute atomic E-state index is 10.3. The van der Waals surface area contributed by atoms with Crippen LogP contribution in [0.15, 0.2) is 0 Å². The second kappa shape index (κ2) is 17.4. The molecule has 0 amide bonds. The minimum Gasteiger partial charge on any atom is -0.481 e. The lowest BCUT2D eigenvalue weighted by atomic mass is 10.0. The van der Waals surface area contributed by atoms with Crippen molar-refractivity contribution in [1.29, 1.82) is 0 Å². The summed E-state index contributed by atoms with van der Waals surface area (Å²) in [6.07, 6.45) is 1.30. The van der Waals surface area contributed by atoms with E-state index in [0.29, 0.717) is 12.3 Å². The fourth-order valence-electron chi connectivity index (χ4n) is 1.45. The number of nitrogens with two attached hydrogens (primary N) is 3. The molecular formula is C17H35N3O7. The third-order valence-corrected chi connectivity index (χ3v) is 3.43. The van der Waals surface area contributed by atoms with E-state index >= 15 is 0 Å². The number of Topliss-reactive ketones (excluding diaryl/α,β-unsaturated/α-hetero) is 1. The van der Waals surface area contributed by atoms with E-state index in [0.717, 1.165) is 6.42 Å². The molecule has 0 aliphatic rings. The molecule has 0 radical (unpaired) electrons. The summed E-state index contributed by atoms with van der Waals surface area (Å²) in [6, 6.07) is -1.39. The first-order valence-corrected chi connectivity index (χ1v) is 8.70. The average molecular weight is 393 g/mol. The van der Waals surface area contributed by atoms with Gasteiger partial charge in [0.05, 0.1) is 13.0 Å². The van der Waals surface area contributed by atoms with Gasteiger partial charge in [-0.15, -0.1) is 0 Å². The van der Waals surface area contributed by atoms with Gasteiger partial charge in [-0.05, 0) is 18.3 Å². The van der Waals surface area contributed by atoms with Crippen LogP contribution in [0.5, 0.6) is 0 Å². The molecule has 0 aromatic heterocycles. The quantitative estimate of drug-likeness (QED) is 0.298. The largest absolute Gasteiger partial charge is 0.481 e. The fourth-order valence-corrected chi connectivity index (χ4v) is 1.45. The van der Waals surface area contributed by atoms with Gasteiger partial charge in [0.25, 0.3) is 0 Å². The summed E-state index contributed by atoms with van der Waals surface area (Å²) in [7, 11) is 0. The average Bonchev–Trinajstić information content (AvgIpc) is 2.58. The molecule has 3 atom stereocenters. The Kier molecular flexibility index (Phi) is 19.1. The molecule has 0 saturated heterocycles. The van der Waals surface area contributed by atoms with Gasteiger partial charge in [-0.2, -0.15) is 0 Å². The zero-order valence-electron chi connectivity index (χ0n) is 16.6. The van der Waals surface area contributed by atoms with Gasteiger partial charge in [0.1, 0.15) is 17.9 Å². The first kappa shape index (κ1) is 29.7. The van der Waals surface area contributed by atoms with Crippen LogP contribution in [0.4, 0.5) is 0 Å². The summed E-state index contributed by atoms with van der Waals surface area (Å²) in [4.78, 5) is 40.4. The standard InChI is InChI=1S/2C6H13NO2.C5H9NO3/c1-4(2)3-5(7)6(8)9;1-3-4(2)5(7)6(8)9;6-3-4(7)1-2-5(8)9/h2*4-5H,3,7H2,1-2H3,(H,8,9);1-3,6H2,(H,8,9)/t5-;4-,5-;/m00./s1. The SMILES string of the molecule is CC(C)C[C@H](N)C(=O)O.CC[C@H](C)[C@H](N)C(=O)O.NCC(=O)CCC(=O)O. The van der Waals surface area contributed by atoms with Crippen molar-refractivity contribution in [3.05, 3.63) is 0 Å². The summed E-state index contributed by atoms with van der Waals surface area (Å²) in [5.41, 5.74) is 15.4. The fraction of sp³-hybridized carbons (Fsp3) is 0.765. The number of carbonyl (C=O) groups is 4. The molecule has 0 spiro atoms. The number of carboxylic acids is 3. The Labute approximate surface area is 160 Å². The molecule has 10 nitrogen and oxygen atoms in total. The molecule has 0 aliphatic heterocycles.